The molecule has 1 saturated heterocycles. The van der Waals surface area contributed by atoms with Crippen molar-refractivity contribution < 1.29 is 9.72 Å². The van der Waals surface area contributed by atoms with E-state index in [1.54, 1.807) is 0 Å². The Labute approximate surface area is 121 Å². The standard InChI is InChI=1S/C15H15N3O3/c19-10-11-5-3-4-8-17(11)15-12-6-1-2-7-13(12)16-9-14(15)18(20)21/h1-2,6-7,9-11H,3-5,8H2. The van der Waals surface area contributed by atoms with Crippen molar-refractivity contribution in [3.63, 3.8) is 0 Å². The van der Waals surface area contributed by atoms with Crippen molar-refractivity contribution in [3.05, 3.63) is 40.6 Å². The number of nitro groups is 1. The Morgan fingerprint density at radius 2 is 2.14 bits per heavy atom. The molecule has 0 aliphatic carbocycles. The van der Waals surface area contributed by atoms with Gasteiger partial charge in [-0.3, -0.25) is 10.1 Å². The van der Waals surface area contributed by atoms with Gasteiger partial charge >= 0.3 is 5.69 Å². The van der Waals surface area contributed by atoms with Gasteiger partial charge in [0, 0.05) is 11.9 Å². The Morgan fingerprint density at radius 3 is 2.90 bits per heavy atom. The molecule has 21 heavy (non-hydrogen) atoms. The van der Waals surface area contributed by atoms with Gasteiger partial charge in [0.2, 0.25) is 0 Å². The fourth-order valence-corrected chi connectivity index (χ4v) is 2.93. The first-order valence-corrected chi connectivity index (χ1v) is 6.96. The minimum atomic E-state index is -0.425. The zero-order chi connectivity index (χ0) is 14.8. The normalized spacial score (nSPS) is 18.7. The van der Waals surface area contributed by atoms with E-state index in [0.717, 1.165) is 30.9 Å². The summed E-state index contributed by atoms with van der Waals surface area (Å²) in [7, 11) is 0. The Bertz CT molecular complexity index is 702. The second-order valence-electron chi connectivity index (χ2n) is 5.16. The molecule has 2 aromatic rings. The molecule has 1 aromatic carbocycles. The number of carbonyl (C=O) groups is 1. The van der Waals surface area contributed by atoms with Crippen molar-refractivity contribution >= 4 is 28.6 Å². The molecule has 0 amide bonds. The number of nitrogens with zero attached hydrogens (tertiary/aromatic N) is 3. The van der Waals surface area contributed by atoms with E-state index in [-0.39, 0.29) is 11.7 Å². The number of para-hydroxylation sites is 1. The SMILES string of the molecule is O=CC1CCCCN1c1c([N+](=O)[O-])cnc2ccccc12. The van der Waals surface area contributed by atoms with Gasteiger partial charge in [-0.2, -0.15) is 0 Å². The average Bonchev–Trinajstić information content (AvgIpc) is 2.53. The van der Waals surface area contributed by atoms with Crippen LogP contribution in [0.25, 0.3) is 10.9 Å². The van der Waals surface area contributed by atoms with Gasteiger partial charge in [0.25, 0.3) is 0 Å². The Hall–Kier alpha value is -2.50. The summed E-state index contributed by atoms with van der Waals surface area (Å²) in [5.74, 6) is 0. The first kappa shape index (κ1) is 13.5. The summed E-state index contributed by atoms with van der Waals surface area (Å²) in [6, 6.07) is 7.02. The second kappa shape index (κ2) is 5.47. The van der Waals surface area contributed by atoms with Gasteiger partial charge in [0.15, 0.2) is 0 Å². The van der Waals surface area contributed by atoms with Crippen LogP contribution < -0.4 is 4.90 Å². The van der Waals surface area contributed by atoms with Crippen LogP contribution in [-0.4, -0.2) is 28.8 Å². The molecule has 0 spiro atoms. The number of fused-ring (bicyclic) bond motifs is 1. The van der Waals surface area contributed by atoms with E-state index < -0.39 is 4.92 Å². The van der Waals surface area contributed by atoms with E-state index in [2.05, 4.69) is 4.98 Å². The Morgan fingerprint density at radius 1 is 1.33 bits per heavy atom. The van der Waals surface area contributed by atoms with Crippen LogP contribution in [0.5, 0.6) is 0 Å². The lowest BCUT2D eigenvalue weighted by molar-refractivity contribution is -0.384. The lowest BCUT2D eigenvalue weighted by atomic mass is 10.0. The highest BCUT2D eigenvalue weighted by Crippen LogP contribution is 2.37. The van der Waals surface area contributed by atoms with Crippen LogP contribution in [0, 0.1) is 10.1 Å². The van der Waals surface area contributed by atoms with E-state index in [1.165, 1.54) is 6.20 Å². The van der Waals surface area contributed by atoms with E-state index >= 15 is 0 Å². The van der Waals surface area contributed by atoms with Crippen molar-refractivity contribution in [2.45, 2.75) is 25.3 Å². The van der Waals surface area contributed by atoms with Gasteiger partial charge in [-0.25, -0.2) is 4.98 Å². The van der Waals surface area contributed by atoms with Gasteiger partial charge in [0.05, 0.1) is 16.5 Å². The maximum Gasteiger partial charge on any atom is 0.311 e. The predicted molar refractivity (Wildman–Crippen MR) is 79.4 cm³/mol. The molecule has 0 bridgehead atoms. The zero-order valence-corrected chi connectivity index (χ0v) is 11.4. The minimum Gasteiger partial charge on any atom is -0.356 e. The van der Waals surface area contributed by atoms with Crippen LogP contribution in [0.4, 0.5) is 11.4 Å². The summed E-state index contributed by atoms with van der Waals surface area (Å²) in [4.78, 5) is 28.3. The third-order valence-electron chi connectivity index (χ3n) is 3.92. The molecule has 1 unspecified atom stereocenters. The molecule has 1 aliphatic heterocycles. The molecule has 0 N–H and O–H groups in total. The zero-order valence-electron chi connectivity index (χ0n) is 11.4. The van der Waals surface area contributed by atoms with Crippen LogP contribution in [-0.2, 0) is 4.79 Å². The van der Waals surface area contributed by atoms with E-state index in [4.69, 9.17) is 0 Å². The second-order valence-corrected chi connectivity index (χ2v) is 5.16. The van der Waals surface area contributed by atoms with E-state index in [9.17, 15) is 14.9 Å². The van der Waals surface area contributed by atoms with Crippen LogP contribution in [0.1, 0.15) is 19.3 Å². The molecular weight excluding hydrogens is 270 g/mol. The van der Waals surface area contributed by atoms with Crippen LogP contribution in [0.2, 0.25) is 0 Å². The smallest absolute Gasteiger partial charge is 0.311 e. The molecule has 1 fully saturated rings. The summed E-state index contributed by atoms with van der Waals surface area (Å²) in [5, 5.41) is 12.1. The summed E-state index contributed by atoms with van der Waals surface area (Å²) < 4.78 is 0. The van der Waals surface area contributed by atoms with Gasteiger partial charge in [-0.15, -0.1) is 0 Å². The first-order chi connectivity index (χ1) is 10.2. The van der Waals surface area contributed by atoms with Gasteiger partial charge in [-0.1, -0.05) is 18.2 Å². The maximum atomic E-state index is 11.4. The molecule has 1 atom stereocenters. The van der Waals surface area contributed by atoms with Crippen LogP contribution >= 0.6 is 0 Å². The van der Waals surface area contributed by atoms with Crippen molar-refractivity contribution in [1.82, 2.24) is 4.98 Å². The predicted octanol–water partition coefficient (Wildman–Crippen LogP) is 2.70. The number of carbonyl (C=O) groups excluding carboxylic acids is 1. The van der Waals surface area contributed by atoms with Crippen LogP contribution in [0.3, 0.4) is 0 Å². The molecule has 2 heterocycles. The van der Waals surface area contributed by atoms with Crippen molar-refractivity contribution in [3.8, 4) is 0 Å². The number of hydrogen-bond donors (Lipinski definition) is 0. The maximum absolute atomic E-state index is 11.4. The molecule has 0 saturated carbocycles. The number of piperidine rings is 1. The average molecular weight is 285 g/mol. The third-order valence-corrected chi connectivity index (χ3v) is 3.92. The molecular formula is C15H15N3O3. The van der Waals surface area contributed by atoms with Crippen LogP contribution in [0.15, 0.2) is 30.5 Å². The van der Waals surface area contributed by atoms with Gasteiger partial charge in [-0.05, 0) is 25.3 Å². The van der Waals surface area contributed by atoms with Gasteiger partial charge < -0.3 is 9.69 Å². The fourth-order valence-electron chi connectivity index (χ4n) is 2.93. The van der Waals surface area contributed by atoms with Crippen molar-refractivity contribution in [1.29, 1.82) is 0 Å². The summed E-state index contributed by atoms with van der Waals surface area (Å²) in [5.41, 5.74) is 1.18. The number of anilines is 1. The fraction of sp³-hybridized carbons (Fsp3) is 0.333. The number of pyridine rings is 1. The number of rotatable bonds is 3. The molecule has 3 rings (SSSR count). The summed E-state index contributed by atoms with van der Waals surface area (Å²) in [6.45, 7) is 0.651. The topological polar surface area (TPSA) is 76.3 Å². The first-order valence-electron chi connectivity index (χ1n) is 6.96. The number of hydrogen-bond acceptors (Lipinski definition) is 5. The molecule has 1 aromatic heterocycles. The van der Waals surface area contributed by atoms with Crippen molar-refractivity contribution in [2.24, 2.45) is 0 Å². The molecule has 6 heteroatoms. The minimum absolute atomic E-state index is 0.0394. The molecule has 108 valence electrons. The lowest BCUT2D eigenvalue weighted by Gasteiger charge is -2.34. The number of aldehydes is 1. The monoisotopic (exact) mass is 285 g/mol. The largest absolute Gasteiger partial charge is 0.356 e. The molecule has 6 nitrogen and oxygen atoms in total. The summed E-state index contributed by atoms with van der Waals surface area (Å²) in [6.07, 6.45) is 4.80. The quantitative estimate of drug-likeness (QED) is 0.492. The highest BCUT2D eigenvalue weighted by atomic mass is 16.6. The lowest BCUT2D eigenvalue weighted by Crippen LogP contribution is -2.41. The van der Waals surface area contributed by atoms with E-state index in [1.807, 2.05) is 29.2 Å². The third kappa shape index (κ3) is 2.33. The molecule has 1 aliphatic rings. The Balaban J connectivity index is 2.24. The number of benzene rings is 1. The summed E-state index contributed by atoms with van der Waals surface area (Å²) >= 11 is 0. The van der Waals surface area contributed by atoms with E-state index in [0.29, 0.717) is 17.7 Å². The van der Waals surface area contributed by atoms with Gasteiger partial charge in [0.1, 0.15) is 18.2 Å². The highest BCUT2D eigenvalue weighted by molar-refractivity contribution is 5.97. The Kier molecular flexibility index (Phi) is 3.51. The number of aromatic nitrogens is 1. The molecule has 0 radical (unpaired) electrons. The highest BCUT2D eigenvalue weighted by Gasteiger charge is 2.30. The van der Waals surface area contributed by atoms with Crippen molar-refractivity contribution in [2.75, 3.05) is 11.4 Å².